The Bertz CT molecular complexity index is 1250. The number of amides is 1. The molecule has 0 aliphatic rings. The highest BCUT2D eigenvalue weighted by molar-refractivity contribution is 6.06. The van der Waals surface area contributed by atoms with Crippen molar-refractivity contribution < 1.29 is 4.79 Å². The van der Waals surface area contributed by atoms with Gasteiger partial charge in [-0.05, 0) is 39.3 Å². The highest BCUT2D eigenvalue weighted by Crippen LogP contribution is 2.29. The van der Waals surface area contributed by atoms with E-state index in [0.29, 0.717) is 17.8 Å². The Labute approximate surface area is 181 Å². The van der Waals surface area contributed by atoms with Crippen LogP contribution in [0, 0.1) is 13.8 Å². The second-order valence-corrected chi connectivity index (χ2v) is 7.65. The molecule has 0 saturated heterocycles. The summed E-state index contributed by atoms with van der Waals surface area (Å²) in [6.45, 7) is 10.2. The average Bonchev–Trinajstić information content (AvgIpc) is 3.43. The van der Waals surface area contributed by atoms with E-state index >= 15 is 0 Å². The number of pyridine rings is 1. The van der Waals surface area contributed by atoms with E-state index in [1.807, 2.05) is 42.4 Å². The van der Waals surface area contributed by atoms with Crippen molar-refractivity contribution in [2.24, 2.45) is 7.05 Å². The van der Waals surface area contributed by atoms with E-state index in [1.165, 1.54) is 0 Å². The standard InChI is InChI=1S/C22H28N8O/c1-6-10-30-16(8-9-24-30)12-23-22(31)17-11-19(26-21-18(17)13-25-28(21)5)20-14(3)27-29(7-2)15(20)4/h8-9,11,13H,6-7,10,12H2,1-5H3,(H,23,31). The number of hydrogen-bond donors (Lipinski definition) is 1. The zero-order valence-electron chi connectivity index (χ0n) is 18.7. The van der Waals surface area contributed by atoms with Crippen LogP contribution in [-0.2, 0) is 26.7 Å². The van der Waals surface area contributed by atoms with Crippen LogP contribution in [0.15, 0.2) is 24.5 Å². The molecule has 0 atom stereocenters. The fraction of sp³-hybridized carbons (Fsp3) is 0.409. The van der Waals surface area contributed by atoms with Crippen LogP contribution in [0.4, 0.5) is 0 Å². The van der Waals surface area contributed by atoms with Gasteiger partial charge in [0.25, 0.3) is 5.91 Å². The van der Waals surface area contributed by atoms with Crippen molar-refractivity contribution in [2.45, 2.75) is 53.8 Å². The summed E-state index contributed by atoms with van der Waals surface area (Å²) in [5, 5.41) is 17.0. The molecule has 0 saturated carbocycles. The van der Waals surface area contributed by atoms with Gasteiger partial charge in [-0.1, -0.05) is 6.92 Å². The Morgan fingerprint density at radius 3 is 2.68 bits per heavy atom. The Morgan fingerprint density at radius 1 is 1.16 bits per heavy atom. The van der Waals surface area contributed by atoms with E-state index in [9.17, 15) is 4.79 Å². The average molecular weight is 421 g/mol. The number of rotatable bonds is 7. The first-order valence-corrected chi connectivity index (χ1v) is 10.6. The second kappa shape index (κ2) is 8.33. The summed E-state index contributed by atoms with van der Waals surface area (Å²) in [4.78, 5) is 18.0. The van der Waals surface area contributed by atoms with E-state index in [4.69, 9.17) is 4.98 Å². The van der Waals surface area contributed by atoms with Gasteiger partial charge in [-0.3, -0.25) is 18.8 Å². The highest BCUT2D eigenvalue weighted by Gasteiger charge is 2.20. The first kappa shape index (κ1) is 20.8. The van der Waals surface area contributed by atoms with Gasteiger partial charge in [-0.25, -0.2) is 4.98 Å². The van der Waals surface area contributed by atoms with Crippen molar-refractivity contribution >= 4 is 16.9 Å². The molecule has 9 nitrogen and oxygen atoms in total. The van der Waals surface area contributed by atoms with Crippen LogP contribution >= 0.6 is 0 Å². The van der Waals surface area contributed by atoms with Crippen molar-refractivity contribution in [3.63, 3.8) is 0 Å². The minimum Gasteiger partial charge on any atom is -0.346 e. The molecule has 0 aromatic carbocycles. The summed E-state index contributed by atoms with van der Waals surface area (Å²) in [5.74, 6) is -0.163. The third-order valence-electron chi connectivity index (χ3n) is 5.56. The van der Waals surface area contributed by atoms with Gasteiger partial charge in [0.05, 0.1) is 40.8 Å². The molecule has 0 aliphatic carbocycles. The Hall–Kier alpha value is -3.49. The van der Waals surface area contributed by atoms with Gasteiger partial charge in [-0.15, -0.1) is 0 Å². The number of hydrogen-bond acceptors (Lipinski definition) is 5. The molecule has 0 fully saturated rings. The molecule has 0 spiro atoms. The van der Waals surface area contributed by atoms with Gasteiger partial charge in [0.15, 0.2) is 5.65 Å². The smallest absolute Gasteiger partial charge is 0.252 e. The number of nitrogens with one attached hydrogen (secondary N) is 1. The van der Waals surface area contributed by atoms with Crippen LogP contribution in [0.2, 0.25) is 0 Å². The van der Waals surface area contributed by atoms with E-state index in [1.54, 1.807) is 17.1 Å². The van der Waals surface area contributed by atoms with Gasteiger partial charge in [0.2, 0.25) is 0 Å². The lowest BCUT2D eigenvalue weighted by Gasteiger charge is -2.10. The number of fused-ring (bicyclic) bond motifs is 1. The monoisotopic (exact) mass is 420 g/mol. The molecule has 0 aliphatic heterocycles. The third kappa shape index (κ3) is 3.71. The minimum atomic E-state index is -0.163. The second-order valence-electron chi connectivity index (χ2n) is 7.65. The molecule has 1 N–H and O–H groups in total. The molecule has 4 aromatic rings. The fourth-order valence-corrected chi connectivity index (χ4v) is 4.00. The number of aromatic nitrogens is 7. The van der Waals surface area contributed by atoms with Gasteiger partial charge in [0, 0.05) is 37.6 Å². The first-order chi connectivity index (χ1) is 14.9. The van der Waals surface area contributed by atoms with Crippen LogP contribution in [0.1, 0.15) is 47.7 Å². The Balaban J connectivity index is 1.73. The zero-order valence-corrected chi connectivity index (χ0v) is 18.7. The van der Waals surface area contributed by atoms with E-state index < -0.39 is 0 Å². The molecule has 1 amide bonds. The number of aryl methyl sites for hydroxylation is 4. The van der Waals surface area contributed by atoms with Crippen molar-refractivity contribution in [1.29, 1.82) is 0 Å². The normalized spacial score (nSPS) is 11.4. The number of nitrogens with zero attached hydrogens (tertiary/aromatic N) is 7. The molecule has 0 unspecified atom stereocenters. The maximum Gasteiger partial charge on any atom is 0.252 e. The first-order valence-electron chi connectivity index (χ1n) is 10.6. The Kier molecular flexibility index (Phi) is 5.58. The summed E-state index contributed by atoms with van der Waals surface area (Å²) < 4.78 is 5.57. The number of carbonyl (C=O) groups is 1. The van der Waals surface area contributed by atoms with Gasteiger partial charge >= 0.3 is 0 Å². The van der Waals surface area contributed by atoms with Crippen molar-refractivity contribution in [3.8, 4) is 11.3 Å². The molecule has 162 valence electrons. The topological polar surface area (TPSA) is 95.5 Å². The number of carbonyl (C=O) groups excluding carboxylic acids is 1. The van der Waals surface area contributed by atoms with Crippen LogP contribution in [0.25, 0.3) is 22.3 Å². The SMILES string of the molecule is CCCn1nccc1CNC(=O)c1cc(-c2c(C)nn(CC)c2C)nc2c1cnn2C. The highest BCUT2D eigenvalue weighted by atomic mass is 16.1. The van der Waals surface area contributed by atoms with E-state index in [-0.39, 0.29) is 5.91 Å². The molecule has 31 heavy (non-hydrogen) atoms. The lowest BCUT2D eigenvalue weighted by molar-refractivity contribution is 0.0951. The van der Waals surface area contributed by atoms with Gasteiger partial charge < -0.3 is 5.32 Å². The molecule has 0 radical (unpaired) electrons. The summed E-state index contributed by atoms with van der Waals surface area (Å²) in [5.41, 5.74) is 5.81. The minimum absolute atomic E-state index is 0.163. The lowest BCUT2D eigenvalue weighted by Crippen LogP contribution is -2.25. The molecule has 4 rings (SSSR count). The predicted octanol–water partition coefficient (Wildman–Crippen LogP) is 3.01. The molecular weight excluding hydrogens is 392 g/mol. The van der Waals surface area contributed by atoms with Gasteiger partial charge in [0.1, 0.15) is 0 Å². The lowest BCUT2D eigenvalue weighted by atomic mass is 10.0. The maximum atomic E-state index is 13.2. The molecule has 4 aromatic heterocycles. The molecule has 0 bridgehead atoms. The largest absolute Gasteiger partial charge is 0.346 e. The van der Waals surface area contributed by atoms with Crippen molar-refractivity contribution in [1.82, 2.24) is 39.6 Å². The molecule has 9 heteroatoms. The van der Waals surface area contributed by atoms with Crippen LogP contribution in [0.3, 0.4) is 0 Å². The van der Waals surface area contributed by atoms with Crippen LogP contribution in [-0.4, -0.2) is 40.2 Å². The Morgan fingerprint density at radius 2 is 1.97 bits per heavy atom. The van der Waals surface area contributed by atoms with Crippen LogP contribution in [0.5, 0.6) is 0 Å². The molecule has 4 heterocycles. The summed E-state index contributed by atoms with van der Waals surface area (Å²) in [7, 11) is 1.83. The quantitative estimate of drug-likeness (QED) is 0.496. The fourth-order valence-electron chi connectivity index (χ4n) is 4.00. The van der Waals surface area contributed by atoms with Crippen LogP contribution < -0.4 is 5.32 Å². The summed E-state index contributed by atoms with van der Waals surface area (Å²) in [6, 6.07) is 3.78. The van der Waals surface area contributed by atoms with Crippen molar-refractivity contribution in [3.05, 3.63) is 47.2 Å². The summed E-state index contributed by atoms with van der Waals surface area (Å²) in [6.07, 6.45) is 4.44. The van der Waals surface area contributed by atoms with E-state index in [0.717, 1.165) is 53.2 Å². The van der Waals surface area contributed by atoms with Crippen molar-refractivity contribution in [2.75, 3.05) is 0 Å². The predicted molar refractivity (Wildman–Crippen MR) is 119 cm³/mol. The van der Waals surface area contributed by atoms with E-state index in [2.05, 4.69) is 34.5 Å². The molecular formula is C22H28N8O. The third-order valence-corrected chi connectivity index (χ3v) is 5.56. The maximum absolute atomic E-state index is 13.2. The summed E-state index contributed by atoms with van der Waals surface area (Å²) >= 11 is 0. The zero-order chi connectivity index (χ0) is 22.1. The van der Waals surface area contributed by atoms with Gasteiger partial charge in [-0.2, -0.15) is 15.3 Å².